The van der Waals surface area contributed by atoms with Crippen molar-refractivity contribution in [2.24, 2.45) is 5.92 Å². The van der Waals surface area contributed by atoms with Crippen LogP contribution in [-0.4, -0.2) is 23.5 Å². The number of amides is 1. The molecule has 0 radical (unpaired) electrons. The standard InChI is InChI=1S/C13H15ClFNO3/c1-2-4-8(13(18)19)7-16-12(17)9-5-3-6-10(14)11(9)15/h3,5-6,8H,2,4,7H2,1H3,(H,16,17)(H,18,19). The maximum atomic E-state index is 13.6. The number of carbonyl (C=O) groups is 2. The normalized spacial score (nSPS) is 11.9. The second kappa shape index (κ2) is 7.09. The van der Waals surface area contributed by atoms with Crippen LogP contribution in [0.5, 0.6) is 0 Å². The lowest BCUT2D eigenvalue weighted by Gasteiger charge is -2.12. The second-order valence-electron chi connectivity index (χ2n) is 4.14. The molecule has 0 bridgehead atoms. The van der Waals surface area contributed by atoms with E-state index in [-0.39, 0.29) is 17.1 Å². The van der Waals surface area contributed by atoms with Gasteiger partial charge in [-0.05, 0) is 18.6 Å². The van der Waals surface area contributed by atoms with Crippen LogP contribution in [0.25, 0.3) is 0 Å². The first-order valence-electron chi connectivity index (χ1n) is 5.92. The molecule has 0 fully saturated rings. The Morgan fingerprint density at radius 3 is 2.74 bits per heavy atom. The third kappa shape index (κ3) is 4.21. The zero-order chi connectivity index (χ0) is 14.4. The molecule has 0 saturated carbocycles. The van der Waals surface area contributed by atoms with E-state index in [0.29, 0.717) is 12.8 Å². The number of nitrogens with one attached hydrogen (secondary N) is 1. The molecule has 0 heterocycles. The number of carbonyl (C=O) groups excluding carboxylic acids is 1. The fourth-order valence-corrected chi connectivity index (χ4v) is 1.83. The number of halogens is 2. The van der Waals surface area contributed by atoms with Crippen LogP contribution >= 0.6 is 11.6 Å². The zero-order valence-electron chi connectivity index (χ0n) is 10.5. The van der Waals surface area contributed by atoms with Crippen molar-refractivity contribution in [3.8, 4) is 0 Å². The molecule has 1 amide bonds. The van der Waals surface area contributed by atoms with Crippen molar-refractivity contribution in [2.45, 2.75) is 19.8 Å². The fourth-order valence-electron chi connectivity index (χ4n) is 1.65. The van der Waals surface area contributed by atoms with E-state index >= 15 is 0 Å². The van der Waals surface area contributed by atoms with Gasteiger partial charge in [-0.1, -0.05) is 31.0 Å². The van der Waals surface area contributed by atoms with E-state index in [1.54, 1.807) is 0 Å². The van der Waals surface area contributed by atoms with Gasteiger partial charge in [0.15, 0.2) is 5.82 Å². The Balaban J connectivity index is 2.69. The summed E-state index contributed by atoms with van der Waals surface area (Å²) < 4.78 is 13.6. The van der Waals surface area contributed by atoms with Gasteiger partial charge in [0.1, 0.15) is 0 Å². The summed E-state index contributed by atoms with van der Waals surface area (Å²) in [5.41, 5.74) is -0.187. The van der Waals surface area contributed by atoms with Crippen molar-refractivity contribution in [1.82, 2.24) is 5.32 Å². The van der Waals surface area contributed by atoms with Crippen LogP contribution in [0.1, 0.15) is 30.1 Å². The molecule has 1 aromatic rings. The maximum Gasteiger partial charge on any atom is 0.308 e. The van der Waals surface area contributed by atoms with E-state index in [2.05, 4.69) is 5.32 Å². The lowest BCUT2D eigenvalue weighted by molar-refractivity contribution is -0.141. The first-order valence-corrected chi connectivity index (χ1v) is 6.30. The van der Waals surface area contributed by atoms with Gasteiger partial charge in [0.05, 0.1) is 16.5 Å². The molecule has 0 aromatic heterocycles. The Hall–Kier alpha value is -1.62. The van der Waals surface area contributed by atoms with Crippen LogP contribution < -0.4 is 5.32 Å². The van der Waals surface area contributed by atoms with Gasteiger partial charge in [-0.3, -0.25) is 9.59 Å². The van der Waals surface area contributed by atoms with Gasteiger partial charge in [0.2, 0.25) is 0 Å². The third-order valence-corrected chi connectivity index (χ3v) is 2.98. The van der Waals surface area contributed by atoms with Gasteiger partial charge in [-0.15, -0.1) is 0 Å². The average molecular weight is 288 g/mol. The summed E-state index contributed by atoms with van der Waals surface area (Å²) in [6.07, 6.45) is 1.14. The van der Waals surface area contributed by atoms with E-state index in [4.69, 9.17) is 16.7 Å². The molecule has 1 unspecified atom stereocenters. The summed E-state index contributed by atoms with van der Waals surface area (Å²) in [5, 5.41) is 11.2. The molecule has 0 aliphatic heterocycles. The van der Waals surface area contributed by atoms with Crippen LogP contribution in [0.3, 0.4) is 0 Å². The third-order valence-electron chi connectivity index (χ3n) is 2.69. The molecule has 0 saturated heterocycles. The largest absolute Gasteiger partial charge is 0.481 e. The molecule has 1 aromatic carbocycles. The topological polar surface area (TPSA) is 66.4 Å². The highest BCUT2D eigenvalue weighted by Gasteiger charge is 2.19. The minimum atomic E-state index is -0.978. The van der Waals surface area contributed by atoms with E-state index in [0.717, 1.165) is 0 Å². The summed E-state index contributed by atoms with van der Waals surface area (Å²) in [6.45, 7) is 1.82. The number of aliphatic carboxylic acids is 1. The fraction of sp³-hybridized carbons (Fsp3) is 0.385. The van der Waals surface area contributed by atoms with E-state index in [1.807, 2.05) is 6.92 Å². The Labute approximate surface area is 115 Å². The summed E-state index contributed by atoms with van der Waals surface area (Å²) in [6, 6.07) is 4.10. The molecule has 1 atom stereocenters. The van der Waals surface area contributed by atoms with Crippen molar-refractivity contribution >= 4 is 23.5 Å². The molecule has 2 N–H and O–H groups in total. The minimum Gasteiger partial charge on any atom is -0.481 e. The predicted octanol–water partition coefficient (Wildman–Crippen LogP) is 2.71. The smallest absolute Gasteiger partial charge is 0.308 e. The first-order chi connectivity index (χ1) is 8.97. The van der Waals surface area contributed by atoms with Crippen molar-refractivity contribution in [3.05, 3.63) is 34.6 Å². The quantitative estimate of drug-likeness (QED) is 0.845. The molecular formula is C13H15ClFNO3. The number of carboxylic acids is 1. The number of hydrogen-bond donors (Lipinski definition) is 2. The van der Waals surface area contributed by atoms with Crippen LogP contribution in [0.4, 0.5) is 4.39 Å². The lowest BCUT2D eigenvalue weighted by atomic mass is 10.0. The van der Waals surface area contributed by atoms with Gasteiger partial charge >= 0.3 is 5.97 Å². The van der Waals surface area contributed by atoms with Gasteiger partial charge in [-0.25, -0.2) is 4.39 Å². The van der Waals surface area contributed by atoms with E-state index in [9.17, 15) is 14.0 Å². The Bertz CT molecular complexity index is 479. The summed E-state index contributed by atoms with van der Waals surface area (Å²) in [5.74, 6) is -3.11. The van der Waals surface area contributed by atoms with E-state index in [1.165, 1.54) is 18.2 Å². The molecule has 19 heavy (non-hydrogen) atoms. The van der Waals surface area contributed by atoms with E-state index < -0.39 is 23.6 Å². The molecule has 104 valence electrons. The number of hydrogen-bond acceptors (Lipinski definition) is 2. The van der Waals surface area contributed by atoms with Crippen LogP contribution in [0.2, 0.25) is 5.02 Å². The van der Waals surface area contributed by atoms with Gasteiger partial charge in [0.25, 0.3) is 5.91 Å². The lowest BCUT2D eigenvalue weighted by Crippen LogP contribution is -2.33. The minimum absolute atomic E-state index is 0.0338. The van der Waals surface area contributed by atoms with Crippen LogP contribution in [0, 0.1) is 11.7 Å². The van der Waals surface area contributed by atoms with Gasteiger partial charge in [0, 0.05) is 6.54 Å². The number of benzene rings is 1. The predicted molar refractivity (Wildman–Crippen MR) is 69.8 cm³/mol. The van der Waals surface area contributed by atoms with Crippen molar-refractivity contribution in [3.63, 3.8) is 0 Å². The SMILES string of the molecule is CCCC(CNC(=O)c1cccc(Cl)c1F)C(=O)O. The summed E-state index contributed by atoms with van der Waals surface area (Å²) in [4.78, 5) is 22.7. The zero-order valence-corrected chi connectivity index (χ0v) is 11.2. The molecule has 6 heteroatoms. The first kappa shape index (κ1) is 15.4. The molecule has 0 spiro atoms. The average Bonchev–Trinajstić information content (AvgIpc) is 2.37. The van der Waals surface area contributed by atoms with Crippen molar-refractivity contribution < 1.29 is 19.1 Å². The molecule has 0 aliphatic carbocycles. The Morgan fingerprint density at radius 1 is 1.47 bits per heavy atom. The second-order valence-corrected chi connectivity index (χ2v) is 4.54. The van der Waals surface area contributed by atoms with Crippen molar-refractivity contribution in [2.75, 3.05) is 6.54 Å². The monoisotopic (exact) mass is 287 g/mol. The summed E-state index contributed by atoms with van der Waals surface area (Å²) in [7, 11) is 0. The van der Waals surface area contributed by atoms with Crippen LogP contribution in [-0.2, 0) is 4.79 Å². The summed E-state index contributed by atoms with van der Waals surface area (Å²) >= 11 is 5.57. The highest BCUT2D eigenvalue weighted by Crippen LogP contribution is 2.17. The maximum absolute atomic E-state index is 13.6. The molecule has 4 nitrogen and oxygen atoms in total. The number of carboxylic acid groups (broad SMARTS) is 1. The highest BCUT2D eigenvalue weighted by atomic mass is 35.5. The highest BCUT2D eigenvalue weighted by molar-refractivity contribution is 6.31. The van der Waals surface area contributed by atoms with Crippen LogP contribution in [0.15, 0.2) is 18.2 Å². The van der Waals surface area contributed by atoms with Crippen molar-refractivity contribution in [1.29, 1.82) is 0 Å². The molecule has 0 aliphatic rings. The Kier molecular flexibility index (Phi) is 5.76. The molecule has 1 rings (SSSR count). The van der Waals surface area contributed by atoms with Gasteiger partial charge < -0.3 is 10.4 Å². The Morgan fingerprint density at radius 2 is 2.16 bits per heavy atom. The number of rotatable bonds is 6. The molecular weight excluding hydrogens is 273 g/mol. The van der Waals surface area contributed by atoms with Gasteiger partial charge in [-0.2, -0.15) is 0 Å².